The molecule has 0 bridgehead atoms. The van der Waals surface area contributed by atoms with Crippen LogP contribution in [-0.4, -0.2) is 5.91 Å². The van der Waals surface area contributed by atoms with Crippen molar-refractivity contribution in [3.05, 3.63) is 75.4 Å². The fourth-order valence-corrected chi connectivity index (χ4v) is 2.62. The molecule has 0 fully saturated rings. The maximum Gasteiger partial charge on any atom is 0.267 e. The molecule has 0 saturated carbocycles. The van der Waals surface area contributed by atoms with Crippen molar-refractivity contribution in [3.8, 4) is 6.07 Å². The molecule has 0 aliphatic carbocycles. The Hall–Kier alpha value is -2.58. The summed E-state index contributed by atoms with van der Waals surface area (Å²) in [6.45, 7) is 4.43. The number of anilines is 1. The Morgan fingerprint density at radius 1 is 1.25 bits per heavy atom. The van der Waals surface area contributed by atoms with Crippen LogP contribution in [0.3, 0.4) is 0 Å². The number of nitrogens with zero attached hydrogens (tertiary/aromatic N) is 1. The Morgan fingerprint density at radius 2 is 2.00 bits per heavy atom. The minimum Gasteiger partial charge on any atom is -0.386 e. The van der Waals surface area contributed by atoms with Crippen molar-refractivity contribution in [2.75, 3.05) is 5.32 Å². The van der Waals surface area contributed by atoms with E-state index in [4.69, 9.17) is 0 Å². The van der Waals surface area contributed by atoms with E-state index in [0.29, 0.717) is 12.2 Å². The van der Waals surface area contributed by atoms with Crippen molar-refractivity contribution < 1.29 is 4.79 Å². The first-order valence-corrected chi connectivity index (χ1v) is 8.26. The maximum atomic E-state index is 12.2. The number of benzene rings is 2. The molecule has 4 nitrogen and oxygen atoms in total. The number of nitriles is 1. The van der Waals surface area contributed by atoms with Crippen LogP contribution < -0.4 is 10.6 Å². The molecule has 2 aromatic carbocycles. The van der Waals surface area contributed by atoms with Crippen molar-refractivity contribution in [2.24, 2.45) is 0 Å². The number of carbonyl (C=O) groups excluding carboxylic acids is 1. The number of hydrogen-bond donors (Lipinski definition) is 2. The molecule has 0 aliphatic heterocycles. The molecule has 1 amide bonds. The van der Waals surface area contributed by atoms with E-state index in [2.05, 4.69) is 26.6 Å². The van der Waals surface area contributed by atoms with Gasteiger partial charge in [0.1, 0.15) is 11.6 Å². The summed E-state index contributed by atoms with van der Waals surface area (Å²) in [6, 6.07) is 15.4. The Labute approximate surface area is 150 Å². The second-order valence-electron chi connectivity index (χ2n) is 5.41. The first kappa shape index (κ1) is 17.8. The first-order valence-electron chi connectivity index (χ1n) is 7.47. The lowest BCUT2D eigenvalue weighted by atomic mass is 10.1. The number of halogens is 1. The van der Waals surface area contributed by atoms with Crippen LogP contribution in [0.5, 0.6) is 0 Å². The molecule has 0 unspecified atom stereocenters. The van der Waals surface area contributed by atoms with E-state index >= 15 is 0 Å². The molecule has 5 heteroatoms. The highest BCUT2D eigenvalue weighted by Gasteiger charge is 2.10. The summed E-state index contributed by atoms with van der Waals surface area (Å²) in [4.78, 5) is 12.2. The van der Waals surface area contributed by atoms with Crippen molar-refractivity contribution in [1.29, 1.82) is 5.26 Å². The first-order chi connectivity index (χ1) is 11.5. The van der Waals surface area contributed by atoms with Crippen LogP contribution in [0.4, 0.5) is 5.69 Å². The summed E-state index contributed by atoms with van der Waals surface area (Å²) < 4.78 is 0.976. The molecule has 0 radical (unpaired) electrons. The highest BCUT2D eigenvalue weighted by Crippen LogP contribution is 2.17. The zero-order valence-electron chi connectivity index (χ0n) is 13.6. The minimum absolute atomic E-state index is 0.0297. The normalized spacial score (nSPS) is 10.8. The van der Waals surface area contributed by atoms with E-state index in [0.717, 1.165) is 21.2 Å². The molecule has 2 rings (SSSR count). The molecule has 2 aromatic rings. The molecule has 122 valence electrons. The third kappa shape index (κ3) is 4.71. The van der Waals surface area contributed by atoms with Gasteiger partial charge in [-0.1, -0.05) is 51.8 Å². The highest BCUT2D eigenvalue weighted by molar-refractivity contribution is 9.10. The molecule has 0 aliphatic rings. The van der Waals surface area contributed by atoms with Crippen LogP contribution in [0, 0.1) is 25.2 Å². The van der Waals surface area contributed by atoms with Crippen molar-refractivity contribution in [2.45, 2.75) is 20.4 Å². The van der Waals surface area contributed by atoms with Crippen LogP contribution >= 0.6 is 15.9 Å². The number of aryl methyl sites for hydroxylation is 2. The van der Waals surface area contributed by atoms with Crippen LogP contribution in [0.25, 0.3) is 0 Å². The largest absolute Gasteiger partial charge is 0.386 e. The summed E-state index contributed by atoms with van der Waals surface area (Å²) in [5.41, 5.74) is 3.86. The summed E-state index contributed by atoms with van der Waals surface area (Å²) in [6.07, 6.45) is 1.44. The van der Waals surface area contributed by atoms with E-state index < -0.39 is 5.91 Å². The molecule has 2 N–H and O–H groups in total. The van der Waals surface area contributed by atoms with Gasteiger partial charge >= 0.3 is 0 Å². The zero-order chi connectivity index (χ0) is 17.5. The van der Waals surface area contributed by atoms with Crippen LogP contribution in [0.1, 0.15) is 16.7 Å². The third-order valence-electron chi connectivity index (χ3n) is 3.49. The maximum absolute atomic E-state index is 12.2. The summed E-state index contributed by atoms with van der Waals surface area (Å²) in [5, 5.41) is 15.0. The quantitative estimate of drug-likeness (QED) is 0.600. The van der Waals surface area contributed by atoms with E-state index in [1.807, 2.05) is 62.4 Å². The van der Waals surface area contributed by atoms with Crippen molar-refractivity contribution in [3.63, 3.8) is 0 Å². The molecular weight excluding hydrogens is 366 g/mol. The number of amides is 1. The van der Waals surface area contributed by atoms with Crippen molar-refractivity contribution >= 4 is 27.5 Å². The smallest absolute Gasteiger partial charge is 0.267 e. The van der Waals surface area contributed by atoms with Gasteiger partial charge in [-0.25, -0.2) is 0 Å². The van der Waals surface area contributed by atoms with Gasteiger partial charge in [0.15, 0.2) is 0 Å². The van der Waals surface area contributed by atoms with Gasteiger partial charge in [0.25, 0.3) is 5.91 Å². The highest BCUT2D eigenvalue weighted by atomic mass is 79.9. The monoisotopic (exact) mass is 383 g/mol. The molecule has 0 spiro atoms. The van der Waals surface area contributed by atoms with Crippen LogP contribution in [-0.2, 0) is 11.3 Å². The second kappa shape index (κ2) is 8.32. The molecule has 0 heterocycles. The number of carbonyl (C=O) groups is 1. The Balaban J connectivity index is 2.03. The minimum atomic E-state index is -0.427. The standard InChI is InChI=1S/C19H18BrN3O/c1-13-7-8-18(14(2)9-13)23-19(24)16(10-21)12-22-11-15-5-3-4-6-17(15)20/h3-9,12,22H,11H2,1-2H3,(H,23,24)/b16-12-. The van der Waals surface area contributed by atoms with Gasteiger partial charge in [-0.15, -0.1) is 0 Å². The zero-order valence-corrected chi connectivity index (χ0v) is 15.1. The van der Waals surface area contributed by atoms with E-state index in [1.54, 1.807) is 0 Å². The topological polar surface area (TPSA) is 64.9 Å². The lowest BCUT2D eigenvalue weighted by Crippen LogP contribution is -2.17. The van der Waals surface area contributed by atoms with Gasteiger partial charge in [0.2, 0.25) is 0 Å². The SMILES string of the molecule is Cc1ccc(NC(=O)/C(C#N)=C\NCc2ccccc2Br)c(C)c1. The van der Waals surface area contributed by atoms with Gasteiger partial charge in [-0.3, -0.25) is 4.79 Å². The van der Waals surface area contributed by atoms with E-state index in [-0.39, 0.29) is 5.57 Å². The van der Waals surface area contributed by atoms with Crippen molar-refractivity contribution in [1.82, 2.24) is 5.32 Å². The van der Waals surface area contributed by atoms with Gasteiger partial charge < -0.3 is 10.6 Å². The van der Waals surface area contributed by atoms with Crippen LogP contribution in [0.2, 0.25) is 0 Å². The predicted octanol–water partition coefficient (Wildman–Crippen LogP) is 4.20. The Morgan fingerprint density at radius 3 is 2.67 bits per heavy atom. The fourth-order valence-electron chi connectivity index (χ4n) is 2.20. The van der Waals surface area contributed by atoms with Gasteiger partial charge in [-0.2, -0.15) is 5.26 Å². The average Bonchev–Trinajstić information content (AvgIpc) is 2.55. The summed E-state index contributed by atoms with van der Waals surface area (Å²) >= 11 is 3.46. The average molecular weight is 384 g/mol. The number of nitrogens with one attached hydrogen (secondary N) is 2. The molecular formula is C19H18BrN3O. The van der Waals surface area contributed by atoms with E-state index in [1.165, 1.54) is 6.20 Å². The van der Waals surface area contributed by atoms with Gasteiger partial charge in [0.05, 0.1) is 0 Å². The lowest BCUT2D eigenvalue weighted by Gasteiger charge is -2.09. The second-order valence-corrected chi connectivity index (χ2v) is 6.27. The predicted molar refractivity (Wildman–Crippen MR) is 99.2 cm³/mol. The fraction of sp³-hybridized carbons (Fsp3) is 0.158. The van der Waals surface area contributed by atoms with E-state index in [9.17, 15) is 10.1 Å². The molecule has 24 heavy (non-hydrogen) atoms. The molecule has 0 saturated heterocycles. The number of hydrogen-bond acceptors (Lipinski definition) is 3. The summed E-state index contributed by atoms with van der Waals surface area (Å²) in [5.74, 6) is -0.427. The Kier molecular flexibility index (Phi) is 6.16. The van der Waals surface area contributed by atoms with Gasteiger partial charge in [-0.05, 0) is 37.1 Å². The lowest BCUT2D eigenvalue weighted by molar-refractivity contribution is -0.112. The van der Waals surface area contributed by atoms with Gasteiger partial charge in [0, 0.05) is 22.9 Å². The summed E-state index contributed by atoms with van der Waals surface area (Å²) in [7, 11) is 0. The molecule has 0 atom stereocenters. The Bertz CT molecular complexity index is 822. The number of rotatable bonds is 5. The van der Waals surface area contributed by atoms with Crippen LogP contribution in [0.15, 0.2) is 58.7 Å². The third-order valence-corrected chi connectivity index (χ3v) is 4.27. The molecule has 0 aromatic heterocycles.